The molecule has 0 radical (unpaired) electrons. The number of nitrogens with zero attached hydrogens (tertiary/aromatic N) is 4. The van der Waals surface area contributed by atoms with E-state index >= 15 is 0 Å². The van der Waals surface area contributed by atoms with E-state index in [0.29, 0.717) is 22.2 Å². The molecule has 116 valence electrons. The molecular weight excluding hydrogens is 306 g/mol. The fourth-order valence-electron chi connectivity index (χ4n) is 6.72. The third-order valence-electron chi connectivity index (χ3n) is 7.32. The Bertz CT molecular complexity index is 858. The largest absolute Gasteiger partial charge is 0.239 e. The van der Waals surface area contributed by atoms with Gasteiger partial charge in [0.15, 0.2) is 5.69 Å². The summed E-state index contributed by atoms with van der Waals surface area (Å²) in [5, 5.41) is 23.1. The average Bonchev–Trinajstić information content (AvgIpc) is 3.26. The third kappa shape index (κ3) is 1.37. The van der Waals surface area contributed by atoms with Gasteiger partial charge in [-0.2, -0.15) is 15.6 Å². The number of hydrogen-bond donors (Lipinski definition) is 1. The van der Waals surface area contributed by atoms with Crippen molar-refractivity contribution >= 4 is 11.3 Å². The molecule has 5 nitrogen and oxygen atoms in total. The SMILES string of the molecule is N#Cc1n[nH]nc1-c1csc(C23CC4CC5CC(C2)C5(C4)C3)n1. The van der Waals surface area contributed by atoms with Crippen molar-refractivity contribution in [1.82, 2.24) is 20.4 Å². The predicted molar refractivity (Wildman–Crippen MR) is 84.5 cm³/mol. The highest BCUT2D eigenvalue weighted by atomic mass is 32.1. The Kier molecular flexibility index (Phi) is 2.11. The molecule has 0 amide bonds. The van der Waals surface area contributed by atoms with Crippen LogP contribution in [-0.4, -0.2) is 20.4 Å². The average molecular weight is 323 g/mol. The second kappa shape index (κ2) is 3.84. The topological polar surface area (TPSA) is 78.2 Å². The van der Waals surface area contributed by atoms with Crippen molar-refractivity contribution in [1.29, 1.82) is 5.26 Å². The number of rotatable bonds is 2. The summed E-state index contributed by atoms with van der Waals surface area (Å²) in [6, 6.07) is 2.09. The first-order chi connectivity index (χ1) is 11.2. The Balaban J connectivity index is 1.43. The molecule has 4 saturated carbocycles. The van der Waals surface area contributed by atoms with Gasteiger partial charge < -0.3 is 0 Å². The molecule has 23 heavy (non-hydrogen) atoms. The summed E-state index contributed by atoms with van der Waals surface area (Å²) in [6.07, 6.45) is 8.47. The van der Waals surface area contributed by atoms with Gasteiger partial charge in [-0.1, -0.05) is 0 Å². The van der Waals surface area contributed by atoms with Gasteiger partial charge in [0.1, 0.15) is 17.5 Å². The third-order valence-corrected chi connectivity index (χ3v) is 8.41. The Hall–Kier alpha value is -1.74. The number of hydrogen-bond acceptors (Lipinski definition) is 5. The molecule has 0 aliphatic heterocycles. The second-order valence-corrected chi connectivity index (χ2v) is 9.06. The Morgan fingerprint density at radius 3 is 3.09 bits per heavy atom. The van der Waals surface area contributed by atoms with Crippen molar-refractivity contribution in [2.75, 3.05) is 0 Å². The second-order valence-electron chi connectivity index (χ2n) is 8.20. The van der Waals surface area contributed by atoms with Crippen LogP contribution in [0.15, 0.2) is 5.38 Å². The summed E-state index contributed by atoms with van der Waals surface area (Å²) < 4.78 is 0. The summed E-state index contributed by atoms with van der Waals surface area (Å²) in [7, 11) is 0. The van der Waals surface area contributed by atoms with Crippen LogP contribution in [0, 0.1) is 34.5 Å². The maximum atomic E-state index is 9.15. The molecule has 2 aromatic heterocycles. The van der Waals surface area contributed by atoms with Crippen LogP contribution in [0.1, 0.15) is 49.2 Å². The van der Waals surface area contributed by atoms with Crippen LogP contribution in [0.2, 0.25) is 0 Å². The van der Waals surface area contributed by atoms with Gasteiger partial charge in [-0.3, -0.25) is 0 Å². The van der Waals surface area contributed by atoms with E-state index in [1.807, 2.05) is 0 Å². The molecular formula is C17H17N5S. The van der Waals surface area contributed by atoms with E-state index in [2.05, 4.69) is 26.9 Å². The molecule has 0 saturated heterocycles. The molecule has 3 bridgehead atoms. The smallest absolute Gasteiger partial charge is 0.192 e. The molecule has 1 spiro atoms. The quantitative estimate of drug-likeness (QED) is 0.920. The van der Waals surface area contributed by atoms with Crippen molar-refractivity contribution in [2.45, 2.75) is 43.9 Å². The molecule has 2 aromatic rings. The number of nitriles is 1. The highest BCUT2D eigenvalue weighted by Crippen LogP contribution is 2.79. The van der Waals surface area contributed by atoms with Crippen LogP contribution < -0.4 is 0 Å². The summed E-state index contributed by atoms with van der Waals surface area (Å²) in [5.41, 5.74) is 2.75. The first kappa shape index (κ1) is 12.7. The Morgan fingerprint density at radius 2 is 2.17 bits per heavy atom. The fraction of sp³-hybridized carbons (Fsp3) is 0.647. The van der Waals surface area contributed by atoms with Crippen LogP contribution in [0.5, 0.6) is 0 Å². The zero-order valence-corrected chi connectivity index (χ0v) is 13.6. The van der Waals surface area contributed by atoms with Gasteiger partial charge in [0.25, 0.3) is 0 Å². The molecule has 4 aliphatic rings. The van der Waals surface area contributed by atoms with Crippen molar-refractivity contribution in [2.24, 2.45) is 23.2 Å². The summed E-state index contributed by atoms with van der Waals surface area (Å²) >= 11 is 1.77. The predicted octanol–water partition coefficient (Wildman–Crippen LogP) is 3.27. The minimum absolute atomic E-state index is 0.318. The maximum Gasteiger partial charge on any atom is 0.192 e. The van der Waals surface area contributed by atoms with E-state index in [1.54, 1.807) is 11.3 Å². The molecule has 4 aliphatic carbocycles. The van der Waals surface area contributed by atoms with Gasteiger partial charge in [0.05, 0.1) is 5.01 Å². The van der Waals surface area contributed by atoms with Crippen LogP contribution >= 0.6 is 11.3 Å². The van der Waals surface area contributed by atoms with Crippen molar-refractivity contribution in [3.8, 4) is 17.5 Å². The zero-order chi connectivity index (χ0) is 15.2. The lowest BCUT2D eigenvalue weighted by atomic mass is 9.55. The highest BCUT2D eigenvalue weighted by Gasteiger charge is 2.71. The molecule has 1 N–H and O–H groups in total. The molecule has 4 fully saturated rings. The van der Waals surface area contributed by atoms with Crippen LogP contribution in [0.4, 0.5) is 0 Å². The summed E-state index contributed by atoms with van der Waals surface area (Å²) in [5.74, 6) is 2.89. The van der Waals surface area contributed by atoms with Crippen LogP contribution in [0.3, 0.4) is 0 Å². The number of thiazole rings is 1. The summed E-state index contributed by atoms with van der Waals surface area (Å²) in [6.45, 7) is 0. The first-order valence-corrected chi connectivity index (χ1v) is 9.38. The lowest BCUT2D eigenvalue weighted by Crippen LogP contribution is -2.42. The molecule has 0 aromatic carbocycles. The normalized spacial score (nSPS) is 42.5. The van der Waals surface area contributed by atoms with Gasteiger partial charge in [-0.15, -0.1) is 16.4 Å². The minimum Gasteiger partial charge on any atom is -0.239 e. The molecule has 5 atom stereocenters. The standard InChI is InChI=1S/C17H17N5S/c18-6-12-14(21-22-20-12)13-7-23-15(19-13)16-3-9-1-10-2-11(5-16)17(10,4-9)8-16/h7,9-11H,1-5,8H2,(H,20,21,22). The molecule has 5 unspecified atom stereocenters. The van der Waals surface area contributed by atoms with E-state index in [1.165, 1.54) is 43.5 Å². The molecule has 6 rings (SSSR count). The van der Waals surface area contributed by atoms with Crippen molar-refractivity contribution < 1.29 is 0 Å². The van der Waals surface area contributed by atoms with Gasteiger partial charge in [-0.25, -0.2) is 4.98 Å². The minimum atomic E-state index is 0.318. The molecule has 2 heterocycles. The lowest BCUT2D eigenvalue weighted by molar-refractivity contribution is -0.000162. The highest BCUT2D eigenvalue weighted by molar-refractivity contribution is 7.10. The van der Waals surface area contributed by atoms with Crippen LogP contribution in [-0.2, 0) is 5.41 Å². The van der Waals surface area contributed by atoms with Gasteiger partial charge in [0, 0.05) is 10.8 Å². The lowest BCUT2D eigenvalue weighted by Gasteiger charge is -2.49. The Morgan fingerprint density at radius 1 is 1.22 bits per heavy atom. The van der Waals surface area contributed by atoms with E-state index in [9.17, 15) is 0 Å². The monoisotopic (exact) mass is 323 g/mol. The molecule has 6 heteroatoms. The zero-order valence-electron chi connectivity index (χ0n) is 12.7. The number of aromatic amines is 1. The number of aromatic nitrogens is 4. The van der Waals surface area contributed by atoms with Crippen LogP contribution in [0.25, 0.3) is 11.4 Å². The van der Waals surface area contributed by atoms with Gasteiger partial charge in [-0.05, 0) is 61.7 Å². The number of fused-ring (bicyclic) bond motifs is 2. The fourth-order valence-corrected chi connectivity index (χ4v) is 7.75. The first-order valence-electron chi connectivity index (χ1n) is 8.50. The Labute approximate surface area is 138 Å². The van der Waals surface area contributed by atoms with E-state index in [4.69, 9.17) is 10.2 Å². The number of H-pyrrole nitrogens is 1. The van der Waals surface area contributed by atoms with Gasteiger partial charge in [0.2, 0.25) is 0 Å². The number of nitrogens with one attached hydrogen (secondary N) is 1. The van der Waals surface area contributed by atoms with Crippen molar-refractivity contribution in [3.05, 3.63) is 16.1 Å². The van der Waals surface area contributed by atoms with E-state index < -0.39 is 0 Å². The van der Waals surface area contributed by atoms with E-state index in [0.717, 1.165) is 23.4 Å². The van der Waals surface area contributed by atoms with Gasteiger partial charge >= 0.3 is 0 Å². The van der Waals surface area contributed by atoms with E-state index in [-0.39, 0.29) is 0 Å². The van der Waals surface area contributed by atoms with Crippen molar-refractivity contribution in [3.63, 3.8) is 0 Å². The maximum absolute atomic E-state index is 9.15. The summed E-state index contributed by atoms with van der Waals surface area (Å²) in [4.78, 5) is 4.95.